The van der Waals surface area contributed by atoms with Gasteiger partial charge in [-0.1, -0.05) is 18.2 Å². The molecule has 0 unspecified atom stereocenters. The molecule has 0 fully saturated rings. The highest BCUT2D eigenvalue weighted by Gasteiger charge is 2.08. The summed E-state index contributed by atoms with van der Waals surface area (Å²) in [5.74, 6) is 1.11. The summed E-state index contributed by atoms with van der Waals surface area (Å²) < 4.78 is 5.84. The van der Waals surface area contributed by atoms with Gasteiger partial charge in [-0.05, 0) is 19.2 Å². The fraction of sp³-hybridized carbons (Fsp3) is 0.200. The van der Waals surface area contributed by atoms with Crippen LogP contribution in [0.4, 0.5) is 0 Å². The van der Waals surface area contributed by atoms with Crippen molar-refractivity contribution < 1.29 is 9.53 Å². The van der Waals surface area contributed by atoms with Crippen molar-refractivity contribution in [1.29, 1.82) is 0 Å². The van der Waals surface area contributed by atoms with E-state index in [-0.39, 0.29) is 5.91 Å². The van der Waals surface area contributed by atoms with Gasteiger partial charge in [0.05, 0.1) is 0 Å². The van der Waals surface area contributed by atoms with Gasteiger partial charge >= 0.3 is 0 Å². The Bertz CT molecular complexity index is 599. The van der Waals surface area contributed by atoms with Crippen molar-refractivity contribution >= 4 is 5.91 Å². The molecular formula is C15H17N3O2. The molecule has 0 saturated carbocycles. The predicted octanol–water partition coefficient (Wildman–Crippen LogP) is 1.95. The highest BCUT2D eigenvalue weighted by atomic mass is 16.5. The van der Waals surface area contributed by atoms with Crippen LogP contribution in [0.1, 0.15) is 16.1 Å². The molecule has 1 amide bonds. The molecular weight excluding hydrogens is 254 g/mol. The van der Waals surface area contributed by atoms with Crippen LogP contribution in [-0.4, -0.2) is 25.0 Å². The van der Waals surface area contributed by atoms with Crippen molar-refractivity contribution in [3.63, 3.8) is 0 Å². The number of benzene rings is 1. The normalized spacial score (nSPS) is 10.1. The second-order valence-corrected chi connectivity index (χ2v) is 4.20. The van der Waals surface area contributed by atoms with E-state index >= 15 is 0 Å². The molecule has 0 aliphatic rings. The van der Waals surface area contributed by atoms with E-state index in [4.69, 9.17) is 4.74 Å². The highest BCUT2D eigenvalue weighted by Crippen LogP contribution is 2.25. The van der Waals surface area contributed by atoms with Crippen LogP contribution in [0.25, 0.3) is 0 Å². The Morgan fingerprint density at radius 3 is 2.80 bits per heavy atom. The van der Waals surface area contributed by atoms with Gasteiger partial charge in [-0.3, -0.25) is 9.78 Å². The number of carbonyl (C=O) groups excluding carboxylic acids is 1. The van der Waals surface area contributed by atoms with E-state index in [1.54, 1.807) is 25.4 Å². The second-order valence-electron chi connectivity index (χ2n) is 4.20. The molecule has 0 aliphatic heterocycles. The van der Waals surface area contributed by atoms with Gasteiger partial charge in [0.15, 0.2) is 0 Å². The van der Waals surface area contributed by atoms with E-state index in [2.05, 4.69) is 15.6 Å². The average molecular weight is 271 g/mol. The minimum atomic E-state index is -0.237. The zero-order valence-corrected chi connectivity index (χ0v) is 11.5. The third-order valence-electron chi connectivity index (χ3n) is 2.76. The minimum Gasteiger partial charge on any atom is -0.457 e. The lowest BCUT2D eigenvalue weighted by molar-refractivity contribution is 0.0958. The van der Waals surface area contributed by atoms with Crippen LogP contribution in [0.15, 0.2) is 42.6 Å². The maximum atomic E-state index is 11.5. The maximum absolute atomic E-state index is 11.5. The summed E-state index contributed by atoms with van der Waals surface area (Å²) in [5, 5.41) is 5.63. The molecule has 0 saturated heterocycles. The number of rotatable bonds is 5. The Labute approximate surface area is 118 Å². The zero-order valence-electron chi connectivity index (χ0n) is 11.5. The van der Waals surface area contributed by atoms with Gasteiger partial charge in [-0.2, -0.15) is 0 Å². The van der Waals surface area contributed by atoms with Crippen molar-refractivity contribution in [2.75, 3.05) is 14.1 Å². The first-order valence-electron chi connectivity index (χ1n) is 6.33. The Balaban J connectivity index is 2.24. The van der Waals surface area contributed by atoms with Crippen LogP contribution in [0.5, 0.6) is 11.5 Å². The van der Waals surface area contributed by atoms with E-state index in [9.17, 15) is 4.79 Å². The fourth-order valence-electron chi connectivity index (χ4n) is 1.79. The van der Waals surface area contributed by atoms with Crippen LogP contribution in [0.2, 0.25) is 0 Å². The smallest absolute Gasteiger partial charge is 0.269 e. The summed E-state index contributed by atoms with van der Waals surface area (Å²) in [6, 6.07) is 11.1. The van der Waals surface area contributed by atoms with Crippen molar-refractivity contribution in [3.8, 4) is 11.5 Å². The quantitative estimate of drug-likeness (QED) is 0.872. The number of carbonyl (C=O) groups is 1. The number of nitrogens with one attached hydrogen (secondary N) is 2. The molecule has 20 heavy (non-hydrogen) atoms. The van der Waals surface area contributed by atoms with E-state index in [1.807, 2.05) is 31.3 Å². The number of pyridine rings is 1. The number of hydrogen-bond acceptors (Lipinski definition) is 4. The Morgan fingerprint density at radius 1 is 1.25 bits per heavy atom. The van der Waals surface area contributed by atoms with Crippen LogP contribution in [0, 0.1) is 0 Å². The van der Waals surface area contributed by atoms with Gasteiger partial charge in [0.2, 0.25) is 0 Å². The summed E-state index contributed by atoms with van der Waals surface area (Å²) in [5.41, 5.74) is 1.38. The molecule has 0 bridgehead atoms. The first kappa shape index (κ1) is 14.0. The topological polar surface area (TPSA) is 63.2 Å². The number of para-hydroxylation sites is 1. The molecule has 5 heteroatoms. The van der Waals surface area contributed by atoms with Gasteiger partial charge in [0, 0.05) is 31.4 Å². The summed E-state index contributed by atoms with van der Waals surface area (Å²) >= 11 is 0. The lowest BCUT2D eigenvalue weighted by Crippen LogP contribution is -2.19. The van der Waals surface area contributed by atoms with Crippen LogP contribution in [-0.2, 0) is 6.54 Å². The number of nitrogens with zero attached hydrogens (tertiary/aromatic N) is 1. The largest absolute Gasteiger partial charge is 0.457 e. The van der Waals surface area contributed by atoms with Crippen molar-refractivity contribution in [3.05, 3.63) is 53.9 Å². The molecule has 5 nitrogen and oxygen atoms in total. The first-order chi connectivity index (χ1) is 9.74. The van der Waals surface area contributed by atoms with Gasteiger partial charge in [-0.25, -0.2) is 0 Å². The van der Waals surface area contributed by atoms with E-state index in [0.29, 0.717) is 18.0 Å². The predicted molar refractivity (Wildman–Crippen MR) is 76.9 cm³/mol. The number of amides is 1. The van der Waals surface area contributed by atoms with Gasteiger partial charge in [0.25, 0.3) is 5.91 Å². The van der Waals surface area contributed by atoms with Crippen LogP contribution < -0.4 is 15.4 Å². The zero-order chi connectivity index (χ0) is 14.4. The van der Waals surface area contributed by atoms with Crippen LogP contribution in [0.3, 0.4) is 0 Å². The molecule has 0 spiro atoms. The molecule has 104 valence electrons. The highest BCUT2D eigenvalue weighted by molar-refractivity contribution is 5.92. The molecule has 1 heterocycles. The summed E-state index contributed by atoms with van der Waals surface area (Å²) in [4.78, 5) is 15.6. The van der Waals surface area contributed by atoms with E-state index < -0.39 is 0 Å². The number of hydrogen-bond donors (Lipinski definition) is 2. The average Bonchev–Trinajstić information content (AvgIpc) is 2.49. The molecule has 2 aromatic rings. The summed E-state index contributed by atoms with van der Waals surface area (Å²) in [7, 11) is 3.45. The Kier molecular flexibility index (Phi) is 4.68. The Hall–Kier alpha value is -2.40. The van der Waals surface area contributed by atoms with Gasteiger partial charge in [-0.15, -0.1) is 0 Å². The third kappa shape index (κ3) is 3.33. The lowest BCUT2D eigenvalue weighted by Gasteiger charge is -2.11. The second kappa shape index (κ2) is 6.68. The van der Waals surface area contributed by atoms with Crippen molar-refractivity contribution in [2.24, 2.45) is 0 Å². The molecule has 0 aliphatic carbocycles. The Morgan fingerprint density at radius 2 is 2.05 bits per heavy atom. The third-order valence-corrected chi connectivity index (χ3v) is 2.76. The van der Waals surface area contributed by atoms with Crippen molar-refractivity contribution in [1.82, 2.24) is 15.6 Å². The van der Waals surface area contributed by atoms with Gasteiger partial charge in [0.1, 0.15) is 17.2 Å². The summed E-state index contributed by atoms with van der Waals surface area (Å²) in [6.07, 6.45) is 1.56. The molecule has 1 aromatic heterocycles. The molecule has 2 rings (SSSR count). The number of aromatic nitrogens is 1. The number of ether oxygens (including phenoxy) is 1. The molecule has 2 N–H and O–H groups in total. The molecule has 1 aromatic carbocycles. The van der Waals surface area contributed by atoms with Gasteiger partial charge < -0.3 is 15.4 Å². The van der Waals surface area contributed by atoms with E-state index in [0.717, 1.165) is 11.3 Å². The van der Waals surface area contributed by atoms with Crippen molar-refractivity contribution in [2.45, 2.75) is 6.54 Å². The van der Waals surface area contributed by atoms with Crippen LogP contribution >= 0.6 is 0 Å². The summed E-state index contributed by atoms with van der Waals surface area (Å²) in [6.45, 7) is 0.712. The molecule has 0 atom stereocenters. The maximum Gasteiger partial charge on any atom is 0.269 e. The SMILES string of the molecule is CNCc1ccccc1Oc1ccnc(C(=O)NC)c1. The minimum absolute atomic E-state index is 0.237. The monoisotopic (exact) mass is 271 g/mol. The molecule has 0 radical (unpaired) electrons. The fourth-order valence-corrected chi connectivity index (χ4v) is 1.79. The standard InChI is InChI=1S/C15H17N3O2/c1-16-10-11-5-3-4-6-14(11)20-12-7-8-18-13(9-12)15(19)17-2/h3-9,16H,10H2,1-2H3,(H,17,19). The lowest BCUT2D eigenvalue weighted by atomic mass is 10.2. The van der Waals surface area contributed by atoms with E-state index in [1.165, 1.54) is 0 Å². The first-order valence-corrected chi connectivity index (χ1v) is 6.33.